The zero-order valence-electron chi connectivity index (χ0n) is 16.1. The average Bonchev–Trinajstić information content (AvgIpc) is 2.70. The van der Waals surface area contributed by atoms with Crippen LogP contribution in [-0.2, 0) is 14.6 Å². The molecule has 1 saturated heterocycles. The highest BCUT2D eigenvalue weighted by Crippen LogP contribution is 2.52. The van der Waals surface area contributed by atoms with Crippen molar-refractivity contribution in [3.8, 4) is 0 Å². The molecular weight excluding hydrogens is 446 g/mol. The van der Waals surface area contributed by atoms with Gasteiger partial charge in [0, 0.05) is 23.0 Å². The molecule has 0 saturated carbocycles. The number of nitrogens with zero attached hydrogens (tertiary/aromatic N) is 1. The van der Waals surface area contributed by atoms with E-state index in [-0.39, 0.29) is 6.04 Å². The van der Waals surface area contributed by atoms with Crippen molar-refractivity contribution in [3.05, 3.63) is 118 Å². The van der Waals surface area contributed by atoms with Gasteiger partial charge in [-0.15, -0.1) is 0 Å². The lowest BCUT2D eigenvalue weighted by atomic mass is 9.82. The van der Waals surface area contributed by atoms with Crippen LogP contribution < -0.4 is 0 Å². The molecule has 0 spiro atoms. The van der Waals surface area contributed by atoms with Gasteiger partial charge >= 0.3 is 0 Å². The van der Waals surface area contributed by atoms with E-state index in [1.54, 1.807) is 0 Å². The summed E-state index contributed by atoms with van der Waals surface area (Å²) < 4.78 is 25.7. The van der Waals surface area contributed by atoms with Gasteiger partial charge in [0.1, 0.15) is 0 Å². The Morgan fingerprint density at radius 1 is 0.931 bits per heavy atom. The molecule has 3 aromatic carbocycles. The Morgan fingerprint density at radius 3 is 1.93 bits per heavy atom. The number of halogens is 1. The van der Waals surface area contributed by atoms with Gasteiger partial charge in [0.25, 0.3) is 0 Å². The van der Waals surface area contributed by atoms with Crippen molar-refractivity contribution in [2.45, 2.75) is 10.8 Å². The van der Waals surface area contributed by atoms with Crippen molar-refractivity contribution in [1.82, 2.24) is 4.90 Å². The van der Waals surface area contributed by atoms with Crippen LogP contribution in [-0.4, -0.2) is 26.1 Å². The predicted octanol–water partition coefficient (Wildman–Crippen LogP) is 5.31. The fraction of sp³-hybridized carbons (Fsp3) is 0.167. The second kappa shape index (κ2) is 7.47. The zero-order valence-corrected chi connectivity index (χ0v) is 18.5. The topological polar surface area (TPSA) is 37.4 Å². The lowest BCUT2D eigenvalue weighted by molar-refractivity contribution is 0.158. The highest BCUT2D eigenvalue weighted by atomic mass is 79.9. The van der Waals surface area contributed by atoms with Gasteiger partial charge in [0.15, 0.2) is 14.6 Å². The normalized spacial score (nSPS) is 19.3. The van der Waals surface area contributed by atoms with Crippen molar-refractivity contribution in [2.75, 3.05) is 12.8 Å². The third kappa shape index (κ3) is 3.32. The van der Waals surface area contributed by atoms with Crippen LogP contribution in [0.15, 0.2) is 102 Å². The van der Waals surface area contributed by atoms with Crippen LogP contribution in [0.5, 0.6) is 0 Å². The van der Waals surface area contributed by atoms with E-state index in [4.69, 9.17) is 0 Å². The summed E-state index contributed by atoms with van der Waals surface area (Å²) in [5, 5.41) is 0. The molecule has 0 amide bonds. The third-order valence-electron chi connectivity index (χ3n) is 5.67. The molecule has 3 aromatic rings. The Labute approximate surface area is 180 Å². The molecule has 1 heterocycles. The van der Waals surface area contributed by atoms with Gasteiger partial charge in [-0.05, 0) is 28.8 Å². The van der Waals surface area contributed by atoms with Crippen LogP contribution >= 0.6 is 15.9 Å². The predicted molar refractivity (Wildman–Crippen MR) is 121 cm³/mol. The van der Waals surface area contributed by atoms with Crippen molar-refractivity contribution in [2.24, 2.45) is 0 Å². The monoisotopic (exact) mass is 467 g/mol. The fourth-order valence-electron chi connectivity index (χ4n) is 4.18. The molecule has 0 aliphatic carbocycles. The summed E-state index contributed by atoms with van der Waals surface area (Å²) in [4.78, 5) is 2.10. The van der Waals surface area contributed by atoms with Crippen LogP contribution in [0.4, 0.5) is 0 Å². The Kier molecular flexibility index (Phi) is 5.13. The summed E-state index contributed by atoms with van der Waals surface area (Å²) in [7, 11) is -3.44. The van der Waals surface area contributed by atoms with Gasteiger partial charge in [-0.25, -0.2) is 8.42 Å². The van der Waals surface area contributed by atoms with E-state index in [1.807, 2.05) is 60.7 Å². The van der Waals surface area contributed by atoms with Gasteiger partial charge < -0.3 is 4.90 Å². The molecule has 4 rings (SSSR count). The number of rotatable bonds is 5. The standard InChI is InChI=1S/C24H22BrNO2S/c1-18-24(29(2,27)28,21-14-9-15-22(25)16-21)17-26(18)23(19-10-5-3-6-11-19)20-12-7-4-8-13-20/h3-16,23H,1,17H2,2H3. The van der Waals surface area contributed by atoms with Crippen LogP contribution in [0, 0.1) is 0 Å². The van der Waals surface area contributed by atoms with Crippen LogP contribution in [0.2, 0.25) is 0 Å². The molecular formula is C24H22BrNO2S. The van der Waals surface area contributed by atoms with Gasteiger partial charge in [-0.1, -0.05) is 95.3 Å². The van der Waals surface area contributed by atoms with E-state index in [2.05, 4.69) is 51.7 Å². The first kappa shape index (κ1) is 19.9. The molecule has 3 nitrogen and oxygen atoms in total. The maximum atomic E-state index is 13.0. The van der Waals surface area contributed by atoms with E-state index in [0.717, 1.165) is 21.2 Å². The number of hydrogen-bond donors (Lipinski definition) is 0. The summed E-state index contributed by atoms with van der Waals surface area (Å²) in [6, 6.07) is 27.7. The summed E-state index contributed by atoms with van der Waals surface area (Å²) in [6.07, 6.45) is 1.30. The van der Waals surface area contributed by atoms with Gasteiger partial charge in [0.2, 0.25) is 0 Å². The largest absolute Gasteiger partial charge is 0.360 e. The minimum Gasteiger partial charge on any atom is -0.360 e. The first-order valence-corrected chi connectivity index (χ1v) is 12.0. The Hall–Kier alpha value is -2.37. The molecule has 148 valence electrons. The highest BCUT2D eigenvalue weighted by molar-refractivity contribution is 9.10. The third-order valence-corrected chi connectivity index (χ3v) is 8.03. The quantitative estimate of drug-likeness (QED) is 0.510. The van der Waals surface area contributed by atoms with Crippen molar-refractivity contribution in [3.63, 3.8) is 0 Å². The first-order valence-electron chi connectivity index (χ1n) is 9.36. The number of hydrogen-bond acceptors (Lipinski definition) is 3. The maximum Gasteiger partial charge on any atom is 0.164 e. The number of sulfone groups is 1. The van der Waals surface area contributed by atoms with Crippen LogP contribution in [0.25, 0.3) is 0 Å². The van der Waals surface area contributed by atoms with Crippen LogP contribution in [0.3, 0.4) is 0 Å². The SMILES string of the molecule is C=C1N(C(c2ccccc2)c2ccccc2)CC1(c1cccc(Br)c1)S(C)(=O)=O. The number of likely N-dealkylation sites (tertiary alicyclic amines) is 1. The van der Waals surface area contributed by atoms with Crippen LogP contribution in [0.1, 0.15) is 22.7 Å². The smallest absolute Gasteiger partial charge is 0.164 e. The molecule has 1 fully saturated rings. The summed E-state index contributed by atoms with van der Waals surface area (Å²) in [5.41, 5.74) is 3.57. The minimum absolute atomic E-state index is 0.0908. The molecule has 1 atom stereocenters. The van der Waals surface area contributed by atoms with Gasteiger partial charge in [-0.3, -0.25) is 0 Å². The van der Waals surface area contributed by atoms with Crippen molar-refractivity contribution >= 4 is 25.8 Å². The van der Waals surface area contributed by atoms with Gasteiger partial charge in [-0.2, -0.15) is 0 Å². The molecule has 29 heavy (non-hydrogen) atoms. The second-order valence-corrected chi connectivity index (χ2v) is 10.6. The number of benzene rings is 3. The highest BCUT2D eigenvalue weighted by Gasteiger charge is 2.57. The molecule has 1 aliphatic rings. The van der Waals surface area contributed by atoms with E-state index in [1.165, 1.54) is 6.26 Å². The lowest BCUT2D eigenvalue weighted by Gasteiger charge is -2.55. The molecule has 5 heteroatoms. The summed E-state index contributed by atoms with van der Waals surface area (Å²) in [5.74, 6) is 0. The molecule has 0 bridgehead atoms. The summed E-state index contributed by atoms with van der Waals surface area (Å²) in [6.45, 7) is 4.63. The van der Waals surface area contributed by atoms with Crippen molar-refractivity contribution < 1.29 is 8.42 Å². The van der Waals surface area contributed by atoms with E-state index < -0.39 is 14.6 Å². The Balaban J connectivity index is 1.81. The van der Waals surface area contributed by atoms with Crippen molar-refractivity contribution in [1.29, 1.82) is 0 Å². The Bertz CT molecular complexity index is 1110. The zero-order chi connectivity index (χ0) is 20.6. The Morgan fingerprint density at radius 2 is 1.48 bits per heavy atom. The van der Waals surface area contributed by atoms with Gasteiger partial charge in [0.05, 0.1) is 6.04 Å². The molecule has 0 aromatic heterocycles. The minimum atomic E-state index is -3.44. The molecule has 1 unspecified atom stereocenters. The molecule has 0 N–H and O–H groups in total. The van der Waals surface area contributed by atoms with E-state index in [0.29, 0.717) is 12.2 Å². The fourth-order valence-corrected chi connectivity index (χ4v) is 6.05. The van der Waals surface area contributed by atoms with E-state index >= 15 is 0 Å². The first-order chi connectivity index (χ1) is 13.8. The van der Waals surface area contributed by atoms with E-state index in [9.17, 15) is 8.42 Å². The molecule has 0 radical (unpaired) electrons. The maximum absolute atomic E-state index is 13.0. The lowest BCUT2D eigenvalue weighted by Crippen LogP contribution is -2.61. The summed E-state index contributed by atoms with van der Waals surface area (Å²) >= 11 is 3.47. The molecule has 1 aliphatic heterocycles. The second-order valence-electron chi connectivity index (χ2n) is 7.41. The average molecular weight is 468 g/mol.